The van der Waals surface area contributed by atoms with E-state index in [-0.39, 0.29) is 10.6 Å². The zero-order chi connectivity index (χ0) is 14.6. The van der Waals surface area contributed by atoms with E-state index in [0.717, 1.165) is 0 Å². The molecule has 0 unspecified atom stereocenters. The first-order valence-electron chi connectivity index (χ1n) is 5.92. The van der Waals surface area contributed by atoms with Crippen LogP contribution in [0.15, 0.2) is 53.4 Å². The molecule has 2 N–H and O–H groups in total. The molecule has 0 aromatic heterocycles. The normalized spacial score (nSPS) is 11.2. The summed E-state index contributed by atoms with van der Waals surface area (Å²) in [5, 5.41) is 9.65. The minimum atomic E-state index is -3.84. The van der Waals surface area contributed by atoms with Crippen molar-refractivity contribution < 1.29 is 18.3 Å². The Bertz CT molecular complexity index is 698. The monoisotopic (exact) mass is 293 g/mol. The standard InChI is InChI=1S/C14H15NO4S/c1-19-10-11-6-2-3-7-12(11)15-20(17,18)14-9-5-4-8-13(14)16/h2-9,15-16H,10H2,1H3. The summed E-state index contributed by atoms with van der Waals surface area (Å²) in [6.07, 6.45) is 0. The third kappa shape index (κ3) is 3.09. The molecule has 0 bridgehead atoms. The van der Waals surface area contributed by atoms with Gasteiger partial charge in [-0.2, -0.15) is 0 Å². The summed E-state index contributed by atoms with van der Waals surface area (Å²) in [7, 11) is -2.30. The molecule has 0 spiro atoms. The topological polar surface area (TPSA) is 75.6 Å². The van der Waals surface area contributed by atoms with Gasteiger partial charge in [0.15, 0.2) is 0 Å². The van der Waals surface area contributed by atoms with Crippen LogP contribution in [0, 0.1) is 0 Å². The number of hydrogen-bond acceptors (Lipinski definition) is 4. The Hall–Kier alpha value is -2.05. The molecule has 0 heterocycles. The van der Waals surface area contributed by atoms with Gasteiger partial charge in [-0.1, -0.05) is 30.3 Å². The third-order valence-corrected chi connectivity index (χ3v) is 4.13. The highest BCUT2D eigenvalue weighted by molar-refractivity contribution is 7.92. The Balaban J connectivity index is 2.37. The number of para-hydroxylation sites is 2. The molecule has 0 saturated heterocycles. The van der Waals surface area contributed by atoms with Gasteiger partial charge in [0.1, 0.15) is 10.6 Å². The number of phenols is 1. The second-order valence-electron chi connectivity index (χ2n) is 4.16. The first kappa shape index (κ1) is 14.4. The molecular weight excluding hydrogens is 278 g/mol. The number of benzene rings is 2. The number of ether oxygens (including phenoxy) is 1. The summed E-state index contributed by atoms with van der Waals surface area (Å²) in [6, 6.07) is 12.7. The molecule has 0 atom stereocenters. The summed E-state index contributed by atoms with van der Waals surface area (Å²) in [6.45, 7) is 0.291. The molecule has 6 heteroatoms. The van der Waals surface area contributed by atoms with E-state index < -0.39 is 10.0 Å². The highest BCUT2D eigenvalue weighted by Gasteiger charge is 2.19. The summed E-state index contributed by atoms with van der Waals surface area (Å²) in [5.41, 5.74) is 1.14. The van der Waals surface area contributed by atoms with E-state index in [1.165, 1.54) is 19.2 Å². The van der Waals surface area contributed by atoms with Gasteiger partial charge in [0.05, 0.1) is 12.3 Å². The van der Waals surface area contributed by atoms with Crippen molar-refractivity contribution in [3.05, 3.63) is 54.1 Å². The zero-order valence-corrected chi connectivity index (χ0v) is 11.7. The third-order valence-electron chi connectivity index (χ3n) is 2.72. The van der Waals surface area contributed by atoms with E-state index in [2.05, 4.69) is 4.72 Å². The largest absolute Gasteiger partial charge is 0.507 e. The van der Waals surface area contributed by atoms with Crippen LogP contribution < -0.4 is 4.72 Å². The Morgan fingerprint density at radius 1 is 1.10 bits per heavy atom. The molecule has 0 amide bonds. The molecule has 5 nitrogen and oxygen atoms in total. The smallest absolute Gasteiger partial charge is 0.265 e. The highest BCUT2D eigenvalue weighted by atomic mass is 32.2. The minimum absolute atomic E-state index is 0.160. The number of aromatic hydroxyl groups is 1. The van der Waals surface area contributed by atoms with Gasteiger partial charge in [0.2, 0.25) is 0 Å². The van der Waals surface area contributed by atoms with Gasteiger partial charge in [0.25, 0.3) is 10.0 Å². The van der Waals surface area contributed by atoms with Crippen molar-refractivity contribution >= 4 is 15.7 Å². The van der Waals surface area contributed by atoms with Crippen LogP contribution in [0.1, 0.15) is 5.56 Å². The Morgan fingerprint density at radius 3 is 2.45 bits per heavy atom. The molecule has 2 aromatic rings. The first-order chi connectivity index (χ1) is 9.54. The average molecular weight is 293 g/mol. The van der Waals surface area contributed by atoms with Gasteiger partial charge in [0, 0.05) is 12.7 Å². The predicted octanol–water partition coefficient (Wildman–Crippen LogP) is 2.34. The number of phenolic OH excluding ortho intramolecular Hbond substituents is 1. The minimum Gasteiger partial charge on any atom is -0.507 e. The van der Waals surface area contributed by atoms with Crippen molar-refractivity contribution in [3.8, 4) is 5.75 Å². The van der Waals surface area contributed by atoms with E-state index in [1.807, 2.05) is 0 Å². The number of sulfonamides is 1. The number of anilines is 1. The summed E-state index contributed by atoms with van der Waals surface area (Å²) < 4.78 is 32.0. The maximum absolute atomic E-state index is 12.3. The molecule has 0 radical (unpaired) electrons. The zero-order valence-electron chi connectivity index (χ0n) is 10.9. The summed E-state index contributed by atoms with van der Waals surface area (Å²) in [4.78, 5) is -0.160. The van der Waals surface area contributed by atoms with Crippen LogP contribution in [0.3, 0.4) is 0 Å². The van der Waals surface area contributed by atoms with Gasteiger partial charge < -0.3 is 9.84 Å². The fraction of sp³-hybridized carbons (Fsp3) is 0.143. The number of rotatable bonds is 5. The van der Waals surface area contributed by atoms with Gasteiger partial charge in [-0.15, -0.1) is 0 Å². The van der Waals surface area contributed by atoms with Crippen LogP contribution in [0.5, 0.6) is 5.75 Å². The lowest BCUT2D eigenvalue weighted by atomic mass is 10.2. The maximum Gasteiger partial charge on any atom is 0.265 e. The van der Waals surface area contributed by atoms with Crippen molar-refractivity contribution in [2.24, 2.45) is 0 Å². The highest BCUT2D eigenvalue weighted by Crippen LogP contribution is 2.25. The first-order valence-corrected chi connectivity index (χ1v) is 7.40. The van der Waals surface area contributed by atoms with Crippen molar-refractivity contribution in [2.75, 3.05) is 11.8 Å². The van der Waals surface area contributed by atoms with Crippen LogP contribution in [0.2, 0.25) is 0 Å². The molecule has 0 aliphatic heterocycles. The number of nitrogens with one attached hydrogen (secondary N) is 1. The fourth-order valence-electron chi connectivity index (χ4n) is 1.79. The lowest BCUT2D eigenvalue weighted by molar-refractivity contribution is 0.185. The quantitative estimate of drug-likeness (QED) is 0.887. The van der Waals surface area contributed by atoms with Gasteiger partial charge in [-0.05, 0) is 18.2 Å². The van der Waals surface area contributed by atoms with Crippen LogP contribution in [-0.2, 0) is 21.4 Å². The van der Waals surface area contributed by atoms with E-state index in [9.17, 15) is 13.5 Å². The Morgan fingerprint density at radius 2 is 1.75 bits per heavy atom. The number of methoxy groups -OCH3 is 1. The van der Waals surface area contributed by atoms with Crippen molar-refractivity contribution in [3.63, 3.8) is 0 Å². The lowest BCUT2D eigenvalue weighted by Crippen LogP contribution is -2.14. The van der Waals surface area contributed by atoms with Crippen molar-refractivity contribution in [1.29, 1.82) is 0 Å². The molecule has 2 aromatic carbocycles. The second-order valence-corrected chi connectivity index (χ2v) is 5.81. The van der Waals surface area contributed by atoms with Crippen molar-refractivity contribution in [2.45, 2.75) is 11.5 Å². The van der Waals surface area contributed by atoms with Crippen LogP contribution in [0.4, 0.5) is 5.69 Å². The molecule has 0 saturated carbocycles. The summed E-state index contributed by atoms with van der Waals surface area (Å²) in [5.74, 6) is -0.288. The van der Waals surface area contributed by atoms with Crippen LogP contribution in [-0.4, -0.2) is 20.6 Å². The van der Waals surface area contributed by atoms with Crippen LogP contribution in [0.25, 0.3) is 0 Å². The Labute approximate surface area is 117 Å². The van der Waals surface area contributed by atoms with Gasteiger partial charge in [-0.25, -0.2) is 8.42 Å². The molecule has 0 aliphatic rings. The van der Waals surface area contributed by atoms with E-state index in [1.54, 1.807) is 36.4 Å². The van der Waals surface area contributed by atoms with E-state index in [4.69, 9.17) is 4.74 Å². The van der Waals surface area contributed by atoms with E-state index >= 15 is 0 Å². The summed E-state index contributed by atoms with van der Waals surface area (Å²) >= 11 is 0. The number of hydrogen-bond donors (Lipinski definition) is 2. The van der Waals surface area contributed by atoms with Crippen molar-refractivity contribution in [1.82, 2.24) is 0 Å². The Kier molecular flexibility index (Phi) is 4.26. The van der Waals surface area contributed by atoms with Gasteiger partial charge >= 0.3 is 0 Å². The molecule has 0 fully saturated rings. The lowest BCUT2D eigenvalue weighted by Gasteiger charge is -2.12. The molecular formula is C14H15NO4S. The van der Waals surface area contributed by atoms with Crippen LogP contribution >= 0.6 is 0 Å². The predicted molar refractivity (Wildman–Crippen MR) is 76.1 cm³/mol. The average Bonchev–Trinajstić information content (AvgIpc) is 2.41. The van der Waals surface area contributed by atoms with E-state index in [0.29, 0.717) is 17.9 Å². The molecule has 106 valence electrons. The molecule has 20 heavy (non-hydrogen) atoms. The van der Waals surface area contributed by atoms with Gasteiger partial charge in [-0.3, -0.25) is 4.72 Å². The molecule has 0 aliphatic carbocycles. The molecule has 2 rings (SSSR count). The fourth-order valence-corrected chi connectivity index (χ4v) is 2.99. The SMILES string of the molecule is COCc1ccccc1NS(=O)(=O)c1ccccc1O. The maximum atomic E-state index is 12.3. The second kappa shape index (κ2) is 5.94.